The summed E-state index contributed by atoms with van der Waals surface area (Å²) in [6.45, 7) is 4.93. The summed E-state index contributed by atoms with van der Waals surface area (Å²) in [5.74, 6) is 0.808. The number of H-pyrrole nitrogens is 1. The fourth-order valence-electron chi connectivity index (χ4n) is 1.90. The van der Waals surface area contributed by atoms with Gasteiger partial charge in [-0.2, -0.15) is 5.10 Å². The molecule has 0 aliphatic carbocycles. The number of aromatic nitrogens is 3. The second-order valence-corrected chi connectivity index (χ2v) is 5.62. The first-order valence-electron chi connectivity index (χ1n) is 6.06. The third-order valence-electron chi connectivity index (χ3n) is 2.78. The highest BCUT2D eigenvalue weighted by atomic mass is 35.5. The van der Waals surface area contributed by atoms with Crippen LogP contribution in [0.15, 0.2) is 18.2 Å². The van der Waals surface area contributed by atoms with Crippen LogP contribution in [0.1, 0.15) is 25.2 Å². The molecule has 0 aliphatic heterocycles. The molecule has 0 spiro atoms. The van der Waals surface area contributed by atoms with Crippen molar-refractivity contribution in [2.24, 2.45) is 5.92 Å². The second kappa shape index (κ2) is 5.84. The van der Waals surface area contributed by atoms with Gasteiger partial charge in [0, 0.05) is 23.6 Å². The van der Waals surface area contributed by atoms with Crippen molar-refractivity contribution in [3.63, 3.8) is 0 Å². The number of nitrogens with one attached hydrogen (secondary N) is 1. The van der Waals surface area contributed by atoms with Gasteiger partial charge >= 0.3 is 0 Å². The van der Waals surface area contributed by atoms with Gasteiger partial charge < -0.3 is 4.57 Å². The fourth-order valence-corrected chi connectivity index (χ4v) is 2.35. The first kappa shape index (κ1) is 14.2. The molecular weight excluding hydrogens is 285 g/mol. The molecule has 19 heavy (non-hydrogen) atoms. The number of hydrogen-bond donors (Lipinski definition) is 1. The lowest BCUT2D eigenvalue weighted by Gasteiger charge is -2.10. The first-order chi connectivity index (χ1) is 8.99. The highest BCUT2D eigenvalue weighted by molar-refractivity contribution is 7.71. The topological polar surface area (TPSA) is 33.6 Å². The first-order valence-corrected chi connectivity index (χ1v) is 6.84. The van der Waals surface area contributed by atoms with Crippen molar-refractivity contribution in [1.82, 2.24) is 14.8 Å². The molecule has 1 aromatic heterocycles. The van der Waals surface area contributed by atoms with E-state index < -0.39 is 0 Å². The van der Waals surface area contributed by atoms with E-state index >= 15 is 0 Å². The third-order valence-corrected chi connectivity index (χ3v) is 3.45. The Morgan fingerprint density at radius 1 is 1.47 bits per heavy atom. The monoisotopic (exact) mass is 299 g/mol. The summed E-state index contributed by atoms with van der Waals surface area (Å²) in [5.41, 5.74) is 0.447. The summed E-state index contributed by atoms with van der Waals surface area (Å²) in [6, 6.07) is 4.66. The Hall–Kier alpha value is -1.20. The van der Waals surface area contributed by atoms with E-state index in [2.05, 4.69) is 24.0 Å². The van der Waals surface area contributed by atoms with Gasteiger partial charge in [-0.3, -0.25) is 5.10 Å². The van der Waals surface area contributed by atoms with E-state index in [0.29, 0.717) is 33.5 Å². The number of benzene rings is 1. The van der Waals surface area contributed by atoms with E-state index in [4.69, 9.17) is 23.8 Å². The lowest BCUT2D eigenvalue weighted by atomic mass is 10.1. The number of aromatic amines is 1. The van der Waals surface area contributed by atoms with Gasteiger partial charge in [-0.25, -0.2) is 4.39 Å². The van der Waals surface area contributed by atoms with Gasteiger partial charge in [0.05, 0.1) is 0 Å². The Morgan fingerprint density at radius 2 is 2.21 bits per heavy atom. The number of rotatable bonds is 4. The maximum atomic E-state index is 13.8. The van der Waals surface area contributed by atoms with Gasteiger partial charge in [-0.15, -0.1) is 0 Å². The standard InChI is InChI=1S/C13H15ClFN3S/c1-8(2)7-18-12(16-17-13(18)19)6-9-10(14)4-3-5-11(9)15/h3-5,8H,6-7H2,1-2H3,(H,17,19). The van der Waals surface area contributed by atoms with Gasteiger partial charge in [0.25, 0.3) is 0 Å². The zero-order valence-corrected chi connectivity index (χ0v) is 12.4. The summed E-state index contributed by atoms with van der Waals surface area (Å²) in [7, 11) is 0. The van der Waals surface area contributed by atoms with Crippen LogP contribution in [0.2, 0.25) is 5.02 Å². The lowest BCUT2D eigenvalue weighted by Crippen LogP contribution is -2.10. The fraction of sp³-hybridized carbons (Fsp3) is 0.385. The minimum atomic E-state index is -0.322. The third kappa shape index (κ3) is 3.22. The van der Waals surface area contributed by atoms with Crippen LogP contribution >= 0.6 is 23.8 Å². The molecule has 0 atom stereocenters. The Bertz CT molecular complexity index is 613. The van der Waals surface area contributed by atoms with Crippen LogP contribution in [0.3, 0.4) is 0 Å². The van der Waals surface area contributed by atoms with Gasteiger partial charge in [0.15, 0.2) is 4.77 Å². The predicted molar refractivity (Wildman–Crippen MR) is 76.5 cm³/mol. The maximum absolute atomic E-state index is 13.8. The van der Waals surface area contributed by atoms with Crippen molar-refractivity contribution in [2.75, 3.05) is 0 Å². The number of hydrogen-bond acceptors (Lipinski definition) is 2. The molecule has 0 saturated carbocycles. The summed E-state index contributed by atoms with van der Waals surface area (Å²) >= 11 is 11.2. The molecule has 0 bridgehead atoms. The average molecular weight is 300 g/mol. The molecule has 6 heteroatoms. The molecule has 0 saturated heterocycles. The molecule has 0 unspecified atom stereocenters. The molecule has 102 valence electrons. The summed E-state index contributed by atoms with van der Waals surface area (Å²) in [4.78, 5) is 0. The second-order valence-electron chi connectivity index (χ2n) is 4.83. The number of nitrogens with zero attached hydrogens (tertiary/aromatic N) is 2. The van der Waals surface area contributed by atoms with E-state index in [1.54, 1.807) is 12.1 Å². The molecule has 2 aromatic rings. The SMILES string of the molecule is CC(C)Cn1c(Cc2c(F)cccc2Cl)n[nH]c1=S. The smallest absolute Gasteiger partial charge is 0.195 e. The zero-order valence-electron chi connectivity index (χ0n) is 10.8. The van der Waals surface area contributed by atoms with Gasteiger partial charge in [-0.05, 0) is 30.3 Å². The lowest BCUT2D eigenvalue weighted by molar-refractivity contribution is 0.504. The summed E-state index contributed by atoms with van der Waals surface area (Å²) < 4.78 is 16.2. The molecule has 0 amide bonds. The normalized spacial score (nSPS) is 11.2. The minimum Gasteiger partial charge on any atom is -0.304 e. The van der Waals surface area contributed by atoms with E-state index in [0.717, 1.165) is 6.54 Å². The van der Waals surface area contributed by atoms with Crippen LogP contribution < -0.4 is 0 Å². The largest absolute Gasteiger partial charge is 0.304 e. The maximum Gasteiger partial charge on any atom is 0.195 e. The van der Waals surface area contributed by atoms with Crippen molar-refractivity contribution in [3.05, 3.63) is 45.2 Å². The minimum absolute atomic E-state index is 0.322. The molecular formula is C13H15ClFN3S. The molecule has 0 aliphatic rings. The Balaban J connectivity index is 2.36. The van der Waals surface area contributed by atoms with E-state index in [9.17, 15) is 4.39 Å². The van der Waals surface area contributed by atoms with Crippen molar-refractivity contribution in [1.29, 1.82) is 0 Å². The van der Waals surface area contributed by atoms with Crippen LogP contribution in [0, 0.1) is 16.5 Å². The number of halogens is 2. The van der Waals surface area contributed by atoms with Crippen molar-refractivity contribution >= 4 is 23.8 Å². The highest BCUT2D eigenvalue weighted by Gasteiger charge is 2.13. The Kier molecular flexibility index (Phi) is 4.37. The zero-order chi connectivity index (χ0) is 14.0. The van der Waals surface area contributed by atoms with Gasteiger partial charge in [0.1, 0.15) is 11.6 Å². The molecule has 1 aromatic carbocycles. The van der Waals surface area contributed by atoms with Crippen LogP contribution in [-0.4, -0.2) is 14.8 Å². The van der Waals surface area contributed by atoms with Crippen molar-refractivity contribution in [2.45, 2.75) is 26.8 Å². The van der Waals surface area contributed by atoms with Crippen LogP contribution in [0.4, 0.5) is 4.39 Å². The molecule has 3 nitrogen and oxygen atoms in total. The van der Waals surface area contributed by atoms with Gasteiger partial charge in [-0.1, -0.05) is 31.5 Å². The van der Waals surface area contributed by atoms with E-state index in [-0.39, 0.29) is 5.82 Å². The Morgan fingerprint density at radius 3 is 2.84 bits per heavy atom. The van der Waals surface area contributed by atoms with Crippen LogP contribution in [0.5, 0.6) is 0 Å². The van der Waals surface area contributed by atoms with E-state index in [1.807, 2.05) is 4.57 Å². The van der Waals surface area contributed by atoms with Gasteiger partial charge in [0.2, 0.25) is 0 Å². The van der Waals surface area contributed by atoms with E-state index in [1.165, 1.54) is 6.07 Å². The van der Waals surface area contributed by atoms with Crippen LogP contribution in [0.25, 0.3) is 0 Å². The van der Waals surface area contributed by atoms with Crippen LogP contribution in [-0.2, 0) is 13.0 Å². The van der Waals surface area contributed by atoms with Crippen molar-refractivity contribution < 1.29 is 4.39 Å². The Labute approximate surface area is 121 Å². The quantitative estimate of drug-likeness (QED) is 0.866. The molecule has 0 radical (unpaired) electrons. The molecule has 1 heterocycles. The molecule has 1 N–H and O–H groups in total. The van der Waals surface area contributed by atoms with Crippen molar-refractivity contribution in [3.8, 4) is 0 Å². The molecule has 2 rings (SSSR count). The summed E-state index contributed by atoms with van der Waals surface area (Å²) in [5, 5.41) is 7.33. The molecule has 0 fully saturated rings. The predicted octanol–water partition coefficient (Wildman–Crippen LogP) is 3.98. The highest BCUT2D eigenvalue weighted by Crippen LogP contribution is 2.22. The summed E-state index contributed by atoms with van der Waals surface area (Å²) in [6.07, 6.45) is 0.325. The average Bonchev–Trinajstić information content (AvgIpc) is 2.66.